The summed E-state index contributed by atoms with van der Waals surface area (Å²) in [6.45, 7) is 0. The number of carbonyl (C=O) groups is 2. The van der Waals surface area contributed by atoms with Gasteiger partial charge in [0.15, 0.2) is 6.29 Å². The number of benzene rings is 1. The monoisotopic (exact) mass is 267 g/mol. The van der Waals surface area contributed by atoms with Gasteiger partial charge in [0.1, 0.15) is 6.07 Å². The predicted molar refractivity (Wildman–Crippen MR) is 55.6 cm³/mol. The van der Waals surface area contributed by atoms with Crippen molar-refractivity contribution in [2.75, 3.05) is 7.11 Å². The third-order valence-electron chi connectivity index (χ3n) is 1.79. The maximum absolute atomic E-state index is 11.3. The van der Waals surface area contributed by atoms with Gasteiger partial charge in [0, 0.05) is 10.0 Å². The van der Waals surface area contributed by atoms with Crippen LogP contribution in [-0.4, -0.2) is 19.4 Å². The number of nitriles is 1. The Bertz CT molecular complexity index is 462. The fourth-order valence-corrected chi connectivity index (χ4v) is 1.51. The number of carbonyl (C=O) groups excluding carboxylic acids is 2. The van der Waals surface area contributed by atoms with Crippen LogP contribution in [0.25, 0.3) is 0 Å². The summed E-state index contributed by atoms with van der Waals surface area (Å²) in [5, 5.41) is 8.74. The van der Waals surface area contributed by atoms with Gasteiger partial charge in [-0.2, -0.15) is 5.26 Å². The minimum absolute atomic E-state index is 0.0900. The van der Waals surface area contributed by atoms with Gasteiger partial charge in [-0.25, -0.2) is 4.79 Å². The summed E-state index contributed by atoms with van der Waals surface area (Å²) in [5.41, 5.74) is 0.556. The maximum Gasteiger partial charge on any atom is 0.338 e. The highest BCUT2D eigenvalue weighted by Crippen LogP contribution is 2.21. The lowest BCUT2D eigenvalue weighted by molar-refractivity contribution is 0.0598. The van der Waals surface area contributed by atoms with Crippen molar-refractivity contribution in [3.8, 4) is 6.07 Å². The normalized spacial score (nSPS) is 9.13. The minimum atomic E-state index is -0.638. The second kappa shape index (κ2) is 4.71. The van der Waals surface area contributed by atoms with E-state index >= 15 is 0 Å². The van der Waals surface area contributed by atoms with E-state index in [2.05, 4.69) is 20.7 Å². The van der Waals surface area contributed by atoms with E-state index in [0.29, 0.717) is 10.8 Å². The number of nitrogens with zero attached hydrogens (tertiary/aromatic N) is 1. The zero-order valence-corrected chi connectivity index (χ0v) is 9.37. The molecule has 76 valence electrons. The lowest BCUT2D eigenvalue weighted by Gasteiger charge is -2.04. The highest BCUT2D eigenvalue weighted by atomic mass is 79.9. The Labute approximate surface area is 94.6 Å². The van der Waals surface area contributed by atoms with Crippen LogP contribution in [0, 0.1) is 11.3 Å². The van der Waals surface area contributed by atoms with Gasteiger partial charge in [0.2, 0.25) is 0 Å². The van der Waals surface area contributed by atoms with Crippen molar-refractivity contribution in [3.63, 3.8) is 0 Å². The van der Waals surface area contributed by atoms with E-state index in [-0.39, 0.29) is 16.7 Å². The first kappa shape index (κ1) is 11.4. The lowest BCUT2D eigenvalue weighted by Crippen LogP contribution is -2.06. The summed E-state index contributed by atoms with van der Waals surface area (Å²) in [6, 6.07) is 4.63. The SMILES string of the molecule is COC(=O)c1cc(C#N)c(Br)cc1C=O. The summed E-state index contributed by atoms with van der Waals surface area (Å²) in [4.78, 5) is 22.0. The summed E-state index contributed by atoms with van der Waals surface area (Å²) in [5.74, 6) is -0.638. The molecule has 0 bridgehead atoms. The molecule has 1 aromatic rings. The highest BCUT2D eigenvalue weighted by molar-refractivity contribution is 9.10. The molecule has 1 rings (SSSR count). The second-order valence-electron chi connectivity index (χ2n) is 2.64. The van der Waals surface area contributed by atoms with Gasteiger partial charge in [-0.05, 0) is 28.1 Å². The fourth-order valence-electron chi connectivity index (χ4n) is 1.06. The number of ether oxygens (including phenoxy) is 1. The van der Waals surface area contributed by atoms with Gasteiger partial charge >= 0.3 is 5.97 Å². The highest BCUT2D eigenvalue weighted by Gasteiger charge is 2.14. The molecule has 0 fully saturated rings. The molecule has 5 heteroatoms. The van der Waals surface area contributed by atoms with Crippen LogP contribution >= 0.6 is 15.9 Å². The fraction of sp³-hybridized carbons (Fsp3) is 0.100. The van der Waals surface area contributed by atoms with E-state index in [1.54, 1.807) is 0 Å². The molecule has 0 aliphatic carbocycles. The molecule has 15 heavy (non-hydrogen) atoms. The smallest absolute Gasteiger partial charge is 0.338 e. The number of halogens is 1. The predicted octanol–water partition coefficient (Wildman–Crippen LogP) is 1.92. The van der Waals surface area contributed by atoms with Gasteiger partial charge in [0.25, 0.3) is 0 Å². The van der Waals surface area contributed by atoms with Crippen molar-refractivity contribution >= 4 is 28.2 Å². The quantitative estimate of drug-likeness (QED) is 0.607. The van der Waals surface area contributed by atoms with E-state index in [1.807, 2.05) is 6.07 Å². The van der Waals surface area contributed by atoms with E-state index < -0.39 is 5.97 Å². The summed E-state index contributed by atoms with van der Waals surface area (Å²) in [6.07, 6.45) is 0.540. The number of hydrogen-bond donors (Lipinski definition) is 0. The molecule has 4 nitrogen and oxygen atoms in total. The molecule has 0 atom stereocenters. The van der Waals surface area contributed by atoms with Crippen molar-refractivity contribution in [2.45, 2.75) is 0 Å². The van der Waals surface area contributed by atoms with Crippen LogP contribution in [0.2, 0.25) is 0 Å². The van der Waals surface area contributed by atoms with E-state index in [4.69, 9.17) is 5.26 Å². The Balaban J connectivity index is 3.43. The van der Waals surface area contributed by atoms with Crippen molar-refractivity contribution in [3.05, 3.63) is 33.3 Å². The molecule has 0 N–H and O–H groups in total. The van der Waals surface area contributed by atoms with Crippen LogP contribution in [0.15, 0.2) is 16.6 Å². The molecule has 0 heterocycles. The Hall–Kier alpha value is -1.67. The first-order valence-electron chi connectivity index (χ1n) is 3.91. The van der Waals surface area contributed by atoms with Crippen LogP contribution in [-0.2, 0) is 4.74 Å². The molecule has 0 saturated carbocycles. The third kappa shape index (κ3) is 2.22. The first-order valence-corrected chi connectivity index (χ1v) is 4.70. The number of esters is 1. The molecule has 0 aromatic heterocycles. The molecule has 1 aromatic carbocycles. The third-order valence-corrected chi connectivity index (χ3v) is 2.45. The Morgan fingerprint density at radius 1 is 1.60 bits per heavy atom. The molecule has 0 amide bonds. The summed E-state index contributed by atoms with van der Waals surface area (Å²) < 4.78 is 4.97. The van der Waals surface area contributed by atoms with E-state index in [1.165, 1.54) is 19.2 Å². The van der Waals surface area contributed by atoms with Crippen molar-refractivity contribution in [1.82, 2.24) is 0 Å². The topological polar surface area (TPSA) is 67.2 Å². The second-order valence-corrected chi connectivity index (χ2v) is 3.49. The summed E-state index contributed by atoms with van der Waals surface area (Å²) in [7, 11) is 1.21. The average molecular weight is 268 g/mol. The number of aldehydes is 1. The van der Waals surface area contributed by atoms with Crippen LogP contribution in [0.3, 0.4) is 0 Å². The zero-order valence-electron chi connectivity index (χ0n) is 7.78. The van der Waals surface area contributed by atoms with E-state index in [9.17, 15) is 9.59 Å². The standard InChI is InChI=1S/C10H6BrNO3/c1-15-10(14)8-2-6(4-12)9(11)3-7(8)5-13/h2-3,5H,1H3. The van der Waals surface area contributed by atoms with Gasteiger partial charge in [-0.1, -0.05) is 0 Å². The lowest BCUT2D eigenvalue weighted by atomic mass is 10.1. The number of methoxy groups -OCH3 is 1. The van der Waals surface area contributed by atoms with Gasteiger partial charge in [-0.15, -0.1) is 0 Å². The minimum Gasteiger partial charge on any atom is -0.465 e. The van der Waals surface area contributed by atoms with Gasteiger partial charge in [0.05, 0.1) is 18.2 Å². The Morgan fingerprint density at radius 3 is 2.73 bits per heavy atom. The Kier molecular flexibility index (Phi) is 3.58. The van der Waals surface area contributed by atoms with Crippen molar-refractivity contribution in [1.29, 1.82) is 5.26 Å². The molecular weight excluding hydrogens is 262 g/mol. The molecule has 0 unspecified atom stereocenters. The van der Waals surface area contributed by atoms with Crippen LogP contribution in [0.5, 0.6) is 0 Å². The molecule has 0 aliphatic rings. The average Bonchev–Trinajstić information content (AvgIpc) is 2.27. The maximum atomic E-state index is 11.3. The number of hydrogen-bond acceptors (Lipinski definition) is 4. The molecule has 0 saturated heterocycles. The first-order chi connectivity index (χ1) is 7.13. The van der Waals surface area contributed by atoms with Crippen LogP contribution in [0.4, 0.5) is 0 Å². The summed E-state index contributed by atoms with van der Waals surface area (Å²) >= 11 is 3.12. The van der Waals surface area contributed by atoms with Crippen molar-refractivity contribution in [2.24, 2.45) is 0 Å². The zero-order chi connectivity index (χ0) is 11.4. The molecule has 0 aliphatic heterocycles. The van der Waals surface area contributed by atoms with Crippen molar-refractivity contribution < 1.29 is 14.3 Å². The molecule has 0 radical (unpaired) electrons. The van der Waals surface area contributed by atoms with Crippen LogP contribution in [0.1, 0.15) is 26.3 Å². The van der Waals surface area contributed by atoms with Crippen LogP contribution < -0.4 is 0 Å². The molecule has 0 spiro atoms. The van der Waals surface area contributed by atoms with Gasteiger partial charge < -0.3 is 4.74 Å². The van der Waals surface area contributed by atoms with E-state index in [0.717, 1.165) is 0 Å². The molecular formula is C10H6BrNO3. The Morgan fingerprint density at radius 2 is 2.27 bits per heavy atom. The largest absolute Gasteiger partial charge is 0.465 e. The van der Waals surface area contributed by atoms with Gasteiger partial charge in [-0.3, -0.25) is 4.79 Å². The number of rotatable bonds is 2.